The molecule has 1 N–H and O–H groups in total. The van der Waals surface area contributed by atoms with E-state index in [0.29, 0.717) is 19.2 Å². The predicted octanol–water partition coefficient (Wildman–Crippen LogP) is 3.25. The molecular weight excluding hydrogens is 411 g/mol. The second-order valence-corrected chi connectivity index (χ2v) is 7.38. The summed E-state index contributed by atoms with van der Waals surface area (Å²) in [5.41, 5.74) is -1.29. The van der Waals surface area contributed by atoms with Crippen molar-refractivity contribution in [3.63, 3.8) is 0 Å². The normalized spacial score (nSPS) is 14.9. The highest BCUT2D eigenvalue weighted by Crippen LogP contribution is 2.28. The largest absolute Gasteiger partial charge is 0.477 e. The van der Waals surface area contributed by atoms with E-state index in [1.165, 1.54) is 6.07 Å². The molecule has 0 unspecified atom stereocenters. The highest BCUT2D eigenvalue weighted by atomic mass is 19.1. The highest BCUT2D eigenvalue weighted by Gasteiger charge is 2.23. The minimum atomic E-state index is -1.52. The summed E-state index contributed by atoms with van der Waals surface area (Å²) >= 11 is 0. The molecule has 31 heavy (non-hydrogen) atoms. The van der Waals surface area contributed by atoms with Crippen LogP contribution in [-0.2, 0) is 0 Å². The van der Waals surface area contributed by atoms with Gasteiger partial charge in [-0.25, -0.2) is 18.0 Å². The molecule has 3 aromatic rings. The third-order valence-electron chi connectivity index (χ3n) is 5.63. The second-order valence-electron chi connectivity index (χ2n) is 7.38. The molecule has 0 spiro atoms. The fourth-order valence-corrected chi connectivity index (χ4v) is 3.91. The van der Waals surface area contributed by atoms with E-state index in [1.807, 2.05) is 11.8 Å². The van der Waals surface area contributed by atoms with E-state index in [1.54, 1.807) is 0 Å². The van der Waals surface area contributed by atoms with Gasteiger partial charge in [-0.1, -0.05) is 6.92 Å². The molecule has 0 aliphatic carbocycles. The van der Waals surface area contributed by atoms with Gasteiger partial charge < -0.3 is 19.5 Å². The van der Waals surface area contributed by atoms with Gasteiger partial charge in [0.15, 0.2) is 0 Å². The Bertz CT molecular complexity index is 1230. The fraction of sp³-hybridized carbons (Fsp3) is 0.273. The van der Waals surface area contributed by atoms with Gasteiger partial charge >= 0.3 is 5.97 Å². The Morgan fingerprint density at radius 3 is 2.29 bits per heavy atom. The number of aromatic nitrogens is 1. The zero-order chi connectivity index (χ0) is 22.3. The monoisotopic (exact) mass is 431 g/mol. The maximum absolute atomic E-state index is 15.0. The van der Waals surface area contributed by atoms with Crippen molar-refractivity contribution in [2.75, 3.05) is 37.6 Å². The smallest absolute Gasteiger partial charge is 0.341 e. The lowest BCUT2D eigenvalue weighted by molar-refractivity contribution is 0.0695. The molecule has 2 aromatic carbocycles. The molecule has 6 nitrogen and oxygen atoms in total. The van der Waals surface area contributed by atoms with Gasteiger partial charge in [0.1, 0.15) is 23.0 Å². The molecule has 1 saturated heterocycles. The minimum absolute atomic E-state index is 0.134. The molecule has 1 aliphatic rings. The van der Waals surface area contributed by atoms with E-state index in [2.05, 4.69) is 4.90 Å². The summed E-state index contributed by atoms with van der Waals surface area (Å²) in [5.74, 6) is -3.93. The number of carboxylic acids is 1. The molecule has 0 amide bonds. The number of piperazine rings is 1. The summed E-state index contributed by atoms with van der Waals surface area (Å²) in [7, 11) is 0. The summed E-state index contributed by atoms with van der Waals surface area (Å²) in [4.78, 5) is 28.3. The first-order valence-corrected chi connectivity index (χ1v) is 9.85. The van der Waals surface area contributed by atoms with Gasteiger partial charge in [-0.15, -0.1) is 0 Å². The van der Waals surface area contributed by atoms with Crippen LogP contribution in [0.1, 0.15) is 17.3 Å². The standard InChI is InChI=1S/C22H20F3N3O3/c1-2-26-5-7-27(8-6-26)20-11-19-14(10-17(20)25)21(29)15(22(30)31)12-28(19)18-4-3-13(23)9-16(18)24/h3-4,9-12H,2,5-8H2,1H3,(H,30,31). The average Bonchev–Trinajstić information content (AvgIpc) is 2.74. The molecule has 4 rings (SSSR count). The van der Waals surface area contributed by atoms with Crippen molar-refractivity contribution < 1.29 is 23.1 Å². The fourth-order valence-electron chi connectivity index (χ4n) is 3.91. The molecule has 162 valence electrons. The Kier molecular flexibility index (Phi) is 5.45. The van der Waals surface area contributed by atoms with Gasteiger partial charge in [-0.05, 0) is 30.8 Å². The number of aromatic carboxylic acids is 1. The molecular formula is C22H20F3N3O3. The summed E-state index contributed by atoms with van der Waals surface area (Å²) in [6.07, 6.45) is 0.986. The van der Waals surface area contributed by atoms with E-state index in [4.69, 9.17) is 0 Å². The van der Waals surface area contributed by atoms with Gasteiger partial charge in [0.05, 0.1) is 16.9 Å². The van der Waals surface area contributed by atoms with Crippen LogP contribution in [0.2, 0.25) is 0 Å². The van der Waals surface area contributed by atoms with Crippen LogP contribution in [0.25, 0.3) is 16.6 Å². The Hall–Kier alpha value is -3.33. The Balaban J connectivity index is 1.96. The third-order valence-corrected chi connectivity index (χ3v) is 5.63. The molecule has 0 radical (unpaired) electrons. The molecule has 1 aliphatic heterocycles. The van der Waals surface area contributed by atoms with Crippen molar-refractivity contribution >= 4 is 22.6 Å². The van der Waals surface area contributed by atoms with E-state index in [9.17, 15) is 27.9 Å². The number of nitrogens with zero attached hydrogens (tertiary/aromatic N) is 3. The van der Waals surface area contributed by atoms with Gasteiger partial charge in [-0.3, -0.25) is 4.79 Å². The zero-order valence-electron chi connectivity index (χ0n) is 16.7. The zero-order valence-corrected chi connectivity index (χ0v) is 16.7. The van der Waals surface area contributed by atoms with Crippen molar-refractivity contribution in [1.82, 2.24) is 9.47 Å². The van der Waals surface area contributed by atoms with Crippen LogP contribution in [0.4, 0.5) is 18.9 Å². The van der Waals surface area contributed by atoms with Crippen molar-refractivity contribution in [2.24, 2.45) is 0 Å². The van der Waals surface area contributed by atoms with Crippen LogP contribution < -0.4 is 10.3 Å². The first-order chi connectivity index (χ1) is 14.8. The lowest BCUT2D eigenvalue weighted by Gasteiger charge is -2.35. The van der Waals surface area contributed by atoms with Crippen LogP contribution in [0.15, 0.2) is 41.3 Å². The first kappa shape index (κ1) is 20.9. The SMILES string of the molecule is CCN1CCN(c2cc3c(cc2F)c(=O)c(C(=O)O)cn3-c2ccc(F)cc2F)CC1. The number of carboxylic acid groups (broad SMARTS) is 1. The molecule has 1 aromatic heterocycles. The summed E-state index contributed by atoms with van der Waals surface area (Å²) < 4.78 is 44.1. The van der Waals surface area contributed by atoms with Crippen LogP contribution >= 0.6 is 0 Å². The summed E-state index contributed by atoms with van der Waals surface area (Å²) in [5, 5.41) is 9.21. The minimum Gasteiger partial charge on any atom is -0.477 e. The quantitative estimate of drug-likeness (QED) is 0.687. The predicted molar refractivity (Wildman–Crippen MR) is 111 cm³/mol. The molecule has 2 heterocycles. The molecule has 0 bridgehead atoms. The summed E-state index contributed by atoms with van der Waals surface area (Å²) in [6.45, 7) is 5.55. The maximum atomic E-state index is 15.0. The topological polar surface area (TPSA) is 65.8 Å². The Labute approximate surface area is 175 Å². The van der Waals surface area contributed by atoms with Gasteiger partial charge in [0, 0.05) is 43.8 Å². The number of halogens is 3. The number of hydrogen-bond acceptors (Lipinski definition) is 4. The number of fused-ring (bicyclic) bond motifs is 1. The van der Waals surface area contributed by atoms with Gasteiger partial charge in [0.25, 0.3) is 0 Å². The van der Waals surface area contributed by atoms with Crippen molar-refractivity contribution in [1.29, 1.82) is 0 Å². The van der Waals surface area contributed by atoms with E-state index < -0.39 is 34.4 Å². The second kappa shape index (κ2) is 8.07. The van der Waals surface area contributed by atoms with Crippen molar-refractivity contribution in [3.05, 3.63) is 69.8 Å². The van der Waals surface area contributed by atoms with Gasteiger partial charge in [0.2, 0.25) is 5.43 Å². The number of benzene rings is 2. The Morgan fingerprint density at radius 2 is 1.68 bits per heavy atom. The molecule has 9 heteroatoms. The van der Waals surface area contributed by atoms with Crippen LogP contribution in [0.5, 0.6) is 0 Å². The molecule has 0 saturated carbocycles. The average molecular weight is 431 g/mol. The molecule has 0 atom stereocenters. The Morgan fingerprint density at radius 1 is 1.00 bits per heavy atom. The third kappa shape index (κ3) is 3.76. The number of hydrogen-bond donors (Lipinski definition) is 1. The highest BCUT2D eigenvalue weighted by molar-refractivity contribution is 5.94. The maximum Gasteiger partial charge on any atom is 0.341 e. The number of anilines is 1. The lowest BCUT2D eigenvalue weighted by Crippen LogP contribution is -2.46. The number of rotatable bonds is 4. The number of pyridine rings is 1. The number of likely N-dealkylation sites (N-methyl/N-ethyl adjacent to an activating group) is 1. The van der Waals surface area contributed by atoms with Crippen molar-refractivity contribution in [3.8, 4) is 5.69 Å². The lowest BCUT2D eigenvalue weighted by atomic mass is 10.1. The van der Waals surface area contributed by atoms with Gasteiger partial charge in [-0.2, -0.15) is 0 Å². The van der Waals surface area contributed by atoms with Crippen molar-refractivity contribution in [2.45, 2.75) is 6.92 Å². The van der Waals surface area contributed by atoms with Crippen LogP contribution in [0.3, 0.4) is 0 Å². The van der Waals surface area contributed by atoms with E-state index in [-0.39, 0.29) is 22.3 Å². The van der Waals surface area contributed by atoms with Crippen LogP contribution in [-0.4, -0.2) is 53.3 Å². The van der Waals surface area contributed by atoms with E-state index in [0.717, 1.165) is 48.6 Å². The summed E-state index contributed by atoms with van der Waals surface area (Å²) in [6, 6.07) is 5.24. The van der Waals surface area contributed by atoms with Crippen LogP contribution in [0, 0.1) is 17.5 Å². The van der Waals surface area contributed by atoms with E-state index >= 15 is 0 Å². The molecule has 1 fully saturated rings. The first-order valence-electron chi connectivity index (χ1n) is 9.85. The number of carbonyl (C=O) groups is 1.